The molecular weight excluding hydrogens is 344 g/mol. The minimum Gasteiger partial charge on any atom is -0.472 e. The van der Waals surface area contributed by atoms with Gasteiger partial charge in [-0.15, -0.1) is 11.3 Å². The van der Waals surface area contributed by atoms with E-state index in [0.717, 1.165) is 11.3 Å². The van der Waals surface area contributed by atoms with E-state index in [1.807, 2.05) is 13.0 Å². The minimum absolute atomic E-state index is 0.172. The molecular formula is C14H15ClN2O3S2. The van der Waals surface area contributed by atoms with Crippen molar-refractivity contribution in [2.45, 2.75) is 23.7 Å². The topological polar surface area (TPSA) is 59.5 Å². The molecule has 0 radical (unpaired) electrons. The Balaban J connectivity index is 1.61. The maximum Gasteiger partial charge on any atom is 0.252 e. The summed E-state index contributed by atoms with van der Waals surface area (Å²) in [6.07, 6.45) is 2.17. The quantitative estimate of drug-likeness (QED) is 0.824. The number of aryl methyl sites for hydroxylation is 1. The van der Waals surface area contributed by atoms with E-state index in [4.69, 9.17) is 16.3 Å². The molecule has 0 N–H and O–H groups in total. The molecule has 5 nitrogen and oxygen atoms in total. The highest BCUT2D eigenvalue weighted by molar-refractivity contribution is 7.91. The van der Waals surface area contributed by atoms with Crippen LogP contribution in [-0.2, 0) is 16.4 Å². The van der Waals surface area contributed by atoms with E-state index in [-0.39, 0.29) is 6.10 Å². The summed E-state index contributed by atoms with van der Waals surface area (Å²) in [6, 6.07) is 6.90. The van der Waals surface area contributed by atoms with E-state index >= 15 is 0 Å². The molecule has 118 valence electrons. The van der Waals surface area contributed by atoms with Crippen LogP contribution in [-0.4, -0.2) is 36.9 Å². The maximum atomic E-state index is 12.4. The number of halogens is 1. The first kappa shape index (κ1) is 15.7. The number of thiophene rings is 1. The molecule has 2 aromatic rings. The van der Waals surface area contributed by atoms with Crippen molar-refractivity contribution in [1.29, 1.82) is 0 Å². The van der Waals surface area contributed by atoms with Gasteiger partial charge in [0.2, 0.25) is 5.88 Å². The molecule has 0 spiro atoms. The third kappa shape index (κ3) is 3.12. The summed E-state index contributed by atoms with van der Waals surface area (Å²) in [6.45, 7) is 2.69. The Hall–Kier alpha value is -1.15. The first-order chi connectivity index (χ1) is 10.5. The third-order valence-corrected chi connectivity index (χ3v) is 7.13. The van der Waals surface area contributed by atoms with E-state index in [1.54, 1.807) is 18.2 Å². The molecule has 0 saturated carbocycles. The van der Waals surface area contributed by atoms with Crippen molar-refractivity contribution in [3.8, 4) is 5.88 Å². The third-order valence-electron chi connectivity index (χ3n) is 3.38. The van der Waals surface area contributed by atoms with Gasteiger partial charge in [0.25, 0.3) is 10.0 Å². The molecule has 1 aliphatic rings. The second-order valence-corrected chi connectivity index (χ2v) is 8.72. The summed E-state index contributed by atoms with van der Waals surface area (Å²) < 4.78 is 32.3. The lowest BCUT2D eigenvalue weighted by Gasteiger charge is -2.37. The summed E-state index contributed by atoms with van der Waals surface area (Å²) in [5.74, 6) is 0.454. The van der Waals surface area contributed by atoms with Gasteiger partial charge in [-0.25, -0.2) is 13.4 Å². The number of hydrogen-bond donors (Lipinski definition) is 0. The van der Waals surface area contributed by atoms with Crippen molar-refractivity contribution in [2.24, 2.45) is 0 Å². The first-order valence-corrected chi connectivity index (χ1v) is 9.49. The molecule has 2 aromatic heterocycles. The summed E-state index contributed by atoms with van der Waals surface area (Å²) in [5.41, 5.74) is 0. The van der Waals surface area contributed by atoms with E-state index in [1.165, 1.54) is 21.8 Å². The van der Waals surface area contributed by atoms with Crippen LogP contribution in [0.4, 0.5) is 0 Å². The second kappa shape index (κ2) is 6.16. The Morgan fingerprint density at radius 1 is 1.36 bits per heavy atom. The number of hydrogen-bond acceptors (Lipinski definition) is 5. The van der Waals surface area contributed by atoms with Crippen molar-refractivity contribution in [1.82, 2.24) is 9.29 Å². The van der Waals surface area contributed by atoms with Gasteiger partial charge in [-0.3, -0.25) is 0 Å². The molecule has 0 bridgehead atoms. The zero-order chi connectivity index (χ0) is 15.7. The number of sulfonamides is 1. The van der Waals surface area contributed by atoms with Gasteiger partial charge in [-0.2, -0.15) is 4.31 Å². The van der Waals surface area contributed by atoms with Crippen LogP contribution in [0.5, 0.6) is 5.88 Å². The Morgan fingerprint density at radius 2 is 2.14 bits per heavy atom. The summed E-state index contributed by atoms with van der Waals surface area (Å²) >= 11 is 7.08. The molecule has 3 heterocycles. The molecule has 0 aromatic carbocycles. The highest BCUT2D eigenvalue weighted by atomic mass is 35.5. The Labute approximate surface area is 138 Å². The van der Waals surface area contributed by atoms with E-state index in [9.17, 15) is 8.42 Å². The molecule has 0 atom stereocenters. The van der Waals surface area contributed by atoms with Gasteiger partial charge >= 0.3 is 0 Å². The SMILES string of the molecule is CCc1ccc(S(=O)(=O)N2CC(Oc3ccc(Cl)cn3)C2)s1. The molecule has 3 rings (SSSR count). The van der Waals surface area contributed by atoms with Crippen LogP contribution in [0.3, 0.4) is 0 Å². The van der Waals surface area contributed by atoms with E-state index < -0.39 is 10.0 Å². The standard InChI is InChI=1S/C14H15ClN2O3S2/c1-2-12-4-6-14(21-12)22(18,19)17-8-11(9-17)20-13-5-3-10(15)7-16-13/h3-7,11H,2,8-9H2,1H3. The van der Waals surface area contributed by atoms with Crippen molar-refractivity contribution in [3.05, 3.63) is 40.4 Å². The zero-order valence-electron chi connectivity index (χ0n) is 11.9. The van der Waals surface area contributed by atoms with E-state index in [2.05, 4.69) is 4.98 Å². The van der Waals surface area contributed by atoms with Gasteiger partial charge in [0.05, 0.1) is 18.1 Å². The van der Waals surface area contributed by atoms with Gasteiger partial charge in [-0.05, 0) is 24.6 Å². The predicted octanol–water partition coefficient (Wildman–Crippen LogP) is 2.81. The van der Waals surface area contributed by atoms with Crippen molar-refractivity contribution < 1.29 is 13.2 Å². The van der Waals surface area contributed by atoms with Crippen LogP contribution in [0.25, 0.3) is 0 Å². The van der Waals surface area contributed by atoms with Gasteiger partial charge in [0.15, 0.2) is 0 Å². The highest BCUT2D eigenvalue weighted by Crippen LogP contribution is 2.29. The normalized spacial score (nSPS) is 16.5. The highest BCUT2D eigenvalue weighted by Gasteiger charge is 2.39. The molecule has 0 amide bonds. The lowest BCUT2D eigenvalue weighted by molar-refractivity contribution is 0.0722. The Morgan fingerprint density at radius 3 is 2.73 bits per heavy atom. The van der Waals surface area contributed by atoms with Crippen LogP contribution in [0.15, 0.2) is 34.7 Å². The van der Waals surface area contributed by atoms with Gasteiger partial charge in [-0.1, -0.05) is 18.5 Å². The van der Waals surface area contributed by atoms with Crippen molar-refractivity contribution in [3.63, 3.8) is 0 Å². The van der Waals surface area contributed by atoms with Crippen LogP contribution >= 0.6 is 22.9 Å². The number of rotatable bonds is 5. The molecule has 8 heteroatoms. The van der Waals surface area contributed by atoms with Crippen LogP contribution in [0.2, 0.25) is 5.02 Å². The fraction of sp³-hybridized carbons (Fsp3) is 0.357. The van der Waals surface area contributed by atoms with Gasteiger partial charge < -0.3 is 4.74 Å². The molecule has 0 unspecified atom stereocenters. The smallest absolute Gasteiger partial charge is 0.252 e. The first-order valence-electron chi connectivity index (χ1n) is 6.86. The largest absolute Gasteiger partial charge is 0.472 e. The van der Waals surface area contributed by atoms with Crippen LogP contribution in [0, 0.1) is 0 Å². The van der Waals surface area contributed by atoms with Crippen LogP contribution in [0.1, 0.15) is 11.8 Å². The second-order valence-electron chi connectivity index (χ2n) is 4.95. The Bertz CT molecular complexity index is 753. The number of pyridine rings is 1. The molecule has 1 aliphatic heterocycles. The number of aromatic nitrogens is 1. The average Bonchev–Trinajstić information content (AvgIpc) is 2.94. The minimum atomic E-state index is -3.39. The maximum absolute atomic E-state index is 12.4. The molecule has 0 aliphatic carbocycles. The monoisotopic (exact) mass is 358 g/mol. The number of nitrogens with zero attached hydrogens (tertiary/aromatic N) is 2. The predicted molar refractivity (Wildman–Crippen MR) is 86.1 cm³/mol. The lowest BCUT2D eigenvalue weighted by atomic mass is 10.2. The summed E-state index contributed by atoms with van der Waals surface area (Å²) in [7, 11) is -3.39. The lowest BCUT2D eigenvalue weighted by Crippen LogP contribution is -2.55. The summed E-state index contributed by atoms with van der Waals surface area (Å²) in [5, 5.41) is 0.537. The van der Waals surface area contributed by atoms with Crippen molar-refractivity contribution >= 4 is 33.0 Å². The fourth-order valence-corrected chi connectivity index (χ4v) is 5.15. The van der Waals surface area contributed by atoms with Crippen molar-refractivity contribution in [2.75, 3.05) is 13.1 Å². The Kier molecular flexibility index (Phi) is 4.40. The van der Waals surface area contributed by atoms with Gasteiger partial charge in [0, 0.05) is 17.1 Å². The molecule has 22 heavy (non-hydrogen) atoms. The molecule has 1 fully saturated rings. The summed E-state index contributed by atoms with van der Waals surface area (Å²) in [4.78, 5) is 5.11. The molecule has 1 saturated heterocycles. The zero-order valence-corrected chi connectivity index (χ0v) is 14.3. The van der Waals surface area contributed by atoms with E-state index in [0.29, 0.717) is 28.2 Å². The fourth-order valence-electron chi connectivity index (χ4n) is 2.09. The number of ether oxygens (including phenoxy) is 1. The average molecular weight is 359 g/mol. The van der Waals surface area contributed by atoms with Crippen LogP contribution < -0.4 is 4.74 Å². The van der Waals surface area contributed by atoms with Gasteiger partial charge in [0.1, 0.15) is 10.3 Å².